The molecular weight excluding hydrogens is 320 g/mol. The van der Waals surface area contributed by atoms with E-state index >= 15 is 0 Å². The van der Waals surface area contributed by atoms with Crippen molar-refractivity contribution >= 4 is 0 Å². The molecule has 0 aliphatic heterocycles. The number of halogens is 2. The predicted octanol–water partition coefficient (Wildman–Crippen LogP) is 2.39. The molecule has 24 heavy (non-hydrogen) atoms. The monoisotopic (exact) mass is 333 g/mol. The second kappa shape index (κ2) is 6.99. The summed E-state index contributed by atoms with van der Waals surface area (Å²) in [7, 11) is 1.53. The molecule has 2 heterocycles. The van der Waals surface area contributed by atoms with Gasteiger partial charge in [-0.1, -0.05) is 12.1 Å². The van der Waals surface area contributed by atoms with Gasteiger partial charge in [0.05, 0.1) is 19.3 Å². The van der Waals surface area contributed by atoms with Gasteiger partial charge in [0.25, 0.3) is 0 Å². The molecule has 0 bridgehead atoms. The van der Waals surface area contributed by atoms with Gasteiger partial charge >= 0.3 is 6.61 Å². The van der Waals surface area contributed by atoms with Crippen molar-refractivity contribution in [1.82, 2.24) is 25.2 Å². The third kappa shape index (κ3) is 3.62. The van der Waals surface area contributed by atoms with E-state index < -0.39 is 6.61 Å². The average molecular weight is 333 g/mol. The molecule has 0 unspecified atom stereocenters. The number of ether oxygens (including phenoxy) is 2. The summed E-state index contributed by atoms with van der Waals surface area (Å²) in [6.07, 6.45) is 1.44. The number of methoxy groups -OCH3 is 1. The number of hydrogen-bond donors (Lipinski definition) is 0. The Bertz CT molecular complexity index is 811. The van der Waals surface area contributed by atoms with Crippen LogP contribution in [0, 0.1) is 0 Å². The second-order valence-electron chi connectivity index (χ2n) is 4.77. The summed E-state index contributed by atoms with van der Waals surface area (Å²) in [6, 6.07) is 9.97. The summed E-state index contributed by atoms with van der Waals surface area (Å²) in [5.41, 5.74) is 1.49. The minimum absolute atomic E-state index is 0.0151. The molecular formula is C15H13F2N5O2. The van der Waals surface area contributed by atoms with Crippen LogP contribution >= 0.6 is 0 Å². The van der Waals surface area contributed by atoms with Gasteiger partial charge in [-0.3, -0.25) is 0 Å². The Balaban J connectivity index is 2.01. The summed E-state index contributed by atoms with van der Waals surface area (Å²) in [5.74, 6) is 0.571. The third-order valence-electron chi connectivity index (χ3n) is 3.19. The van der Waals surface area contributed by atoms with E-state index in [1.165, 1.54) is 24.2 Å². The SMILES string of the molecule is COc1cccc(-c2nc(Cn3cnnn3)ccc2OC(F)F)c1. The van der Waals surface area contributed by atoms with Crippen LogP contribution in [-0.4, -0.2) is 38.9 Å². The molecule has 0 radical (unpaired) electrons. The summed E-state index contributed by atoms with van der Waals surface area (Å²) in [4.78, 5) is 4.42. The number of pyridine rings is 1. The molecule has 0 aliphatic rings. The summed E-state index contributed by atoms with van der Waals surface area (Å²) < 4.78 is 36.5. The zero-order valence-corrected chi connectivity index (χ0v) is 12.6. The van der Waals surface area contributed by atoms with Crippen molar-refractivity contribution in [3.63, 3.8) is 0 Å². The fourth-order valence-corrected chi connectivity index (χ4v) is 2.16. The average Bonchev–Trinajstić information content (AvgIpc) is 3.09. The Kier molecular flexibility index (Phi) is 4.59. The van der Waals surface area contributed by atoms with Crippen LogP contribution in [0.2, 0.25) is 0 Å². The van der Waals surface area contributed by atoms with Gasteiger partial charge in [0, 0.05) is 5.56 Å². The lowest BCUT2D eigenvalue weighted by atomic mass is 10.1. The Morgan fingerprint density at radius 2 is 2.08 bits per heavy atom. The predicted molar refractivity (Wildman–Crippen MR) is 79.8 cm³/mol. The van der Waals surface area contributed by atoms with E-state index in [9.17, 15) is 8.78 Å². The molecule has 7 nitrogen and oxygen atoms in total. The topological polar surface area (TPSA) is 75.0 Å². The van der Waals surface area contributed by atoms with Crippen LogP contribution in [0.15, 0.2) is 42.7 Å². The fraction of sp³-hybridized carbons (Fsp3) is 0.200. The highest BCUT2D eigenvalue weighted by Gasteiger charge is 2.15. The molecule has 0 aliphatic carbocycles. The van der Waals surface area contributed by atoms with Gasteiger partial charge in [-0.15, -0.1) is 5.10 Å². The Morgan fingerprint density at radius 3 is 2.79 bits per heavy atom. The Labute approximate surface area is 135 Å². The van der Waals surface area contributed by atoms with Crippen molar-refractivity contribution in [3.8, 4) is 22.8 Å². The maximum Gasteiger partial charge on any atom is 0.387 e. The van der Waals surface area contributed by atoms with Crippen LogP contribution < -0.4 is 9.47 Å². The van der Waals surface area contributed by atoms with E-state index in [0.717, 1.165) is 0 Å². The first-order valence-corrected chi connectivity index (χ1v) is 6.95. The third-order valence-corrected chi connectivity index (χ3v) is 3.19. The Morgan fingerprint density at radius 1 is 1.21 bits per heavy atom. The summed E-state index contributed by atoms with van der Waals surface area (Å²) in [5, 5.41) is 10.8. The lowest BCUT2D eigenvalue weighted by molar-refractivity contribution is -0.0496. The molecule has 9 heteroatoms. The quantitative estimate of drug-likeness (QED) is 0.689. The van der Waals surface area contributed by atoms with Gasteiger partial charge in [-0.25, -0.2) is 9.67 Å². The van der Waals surface area contributed by atoms with Gasteiger partial charge in [0.15, 0.2) is 5.75 Å². The van der Waals surface area contributed by atoms with E-state index in [4.69, 9.17) is 4.74 Å². The first-order chi connectivity index (χ1) is 11.7. The summed E-state index contributed by atoms with van der Waals surface area (Å²) in [6.45, 7) is -2.64. The number of tetrazole rings is 1. The Hall–Kier alpha value is -3.10. The van der Waals surface area contributed by atoms with Gasteiger partial charge in [0.1, 0.15) is 17.8 Å². The molecule has 1 aromatic carbocycles. The van der Waals surface area contributed by atoms with Gasteiger partial charge in [0.2, 0.25) is 0 Å². The van der Waals surface area contributed by atoms with Crippen LogP contribution in [0.3, 0.4) is 0 Å². The van der Waals surface area contributed by atoms with Crippen molar-refractivity contribution in [3.05, 3.63) is 48.4 Å². The highest BCUT2D eigenvalue weighted by molar-refractivity contribution is 5.67. The van der Waals surface area contributed by atoms with Crippen LogP contribution in [0.25, 0.3) is 11.3 Å². The number of nitrogens with zero attached hydrogens (tertiary/aromatic N) is 5. The highest BCUT2D eigenvalue weighted by Crippen LogP contribution is 2.31. The molecule has 0 saturated heterocycles. The van der Waals surface area contributed by atoms with Crippen LogP contribution in [0.1, 0.15) is 5.69 Å². The van der Waals surface area contributed by atoms with E-state index in [-0.39, 0.29) is 5.75 Å². The number of benzene rings is 1. The van der Waals surface area contributed by atoms with E-state index in [1.54, 1.807) is 30.3 Å². The van der Waals surface area contributed by atoms with Crippen molar-refractivity contribution in [1.29, 1.82) is 0 Å². The van der Waals surface area contributed by atoms with Crippen LogP contribution in [0.5, 0.6) is 11.5 Å². The van der Waals surface area contributed by atoms with E-state index in [0.29, 0.717) is 29.2 Å². The number of alkyl halides is 2. The van der Waals surface area contributed by atoms with Gasteiger partial charge in [-0.05, 0) is 34.7 Å². The van der Waals surface area contributed by atoms with Gasteiger partial charge in [-0.2, -0.15) is 8.78 Å². The molecule has 124 valence electrons. The largest absolute Gasteiger partial charge is 0.497 e. The van der Waals surface area contributed by atoms with Crippen molar-refractivity contribution in [2.75, 3.05) is 7.11 Å². The standard InChI is InChI=1S/C15H13F2N5O2/c1-23-12-4-2-3-10(7-12)14-13(24-15(16)17)6-5-11(19-14)8-22-9-18-20-21-22/h2-7,9,15H,8H2,1H3. The van der Waals surface area contributed by atoms with Crippen molar-refractivity contribution in [2.24, 2.45) is 0 Å². The molecule has 3 aromatic rings. The molecule has 3 rings (SSSR count). The van der Waals surface area contributed by atoms with E-state index in [1.807, 2.05) is 0 Å². The zero-order valence-electron chi connectivity index (χ0n) is 12.6. The molecule has 0 amide bonds. The molecule has 0 atom stereocenters. The van der Waals surface area contributed by atoms with Crippen LogP contribution in [-0.2, 0) is 6.54 Å². The first kappa shape index (κ1) is 15.8. The highest BCUT2D eigenvalue weighted by atomic mass is 19.3. The molecule has 0 saturated carbocycles. The van der Waals surface area contributed by atoms with E-state index in [2.05, 4.69) is 25.2 Å². The maximum atomic E-state index is 12.7. The summed E-state index contributed by atoms with van der Waals surface area (Å²) >= 11 is 0. The molecule has 0 fully saturated rings. The number of aromatic nitrogens is 5. The van der Waals surface area contributed by atoms with Crippen LogP contribution in [0.4, 0.5) is 8.78 Å². The van der Waals surface area contributed by atoms with Gasteiger partial charge < -0.3 is 9.47 Å². The minimum atomic E-state index is -2.94. The molecule has 0 spiro atoms. The normalized spacial score (nSPS) is 10.8. The molecule has 0 N–H and O–H groups in total. The number of hydrogen-bond acceptors (Lipinski definition) is 6. The van der Waals surface area contributed by atoms with Crippen molar-refractivity contribution < 1.29 is 18.3 Å². The zero-order chi connectivity index (χ0) is 16.9. The first-order valence-electron chi connectivity index (χ1n) is 6.95. The van der Waals surface area contributed by atoms with Crippen molar-refractivity contribution in [2.45, 2.75) is 13.2 Å². The fourth-order valence-electron chi connectivity index (χ4n) is 2.16. The second-order valence-corrected chi connectivity index (χ2v) is 4.77. The minimum Gasteiger partial charge on any atom is -0.497 e. The number of rotatable bonds is 6. The molecule has 2 aromatic heterocycles. The lowest BCUT2D eigenvalue weighted by Gasteiger charge is -2.12. The smallest absolute Gasteiger partial charge is 0.387 e. The maximum absolute atomic E-state index is 12.7. The lowest BCUT2D eigenvalue weighted by Crippen LogP contribution is -2.07.